The van der Waals surface area contributed by atoms with Gasteiger partial charge in [0.15, 0.2) is 0 Å². The van der Waals surface area contributed by atoms with Crippen LogP contribution >= 0.6 is 11.3 Å². The number of nitrogens with zero attached hydrogens (tertiary/aromatic N) is 1. The van der Waals surface area contributed by atoms with Gasteiger partial charge in [-0.2, -0.15) is 0 Å². The molecule has 0 spiro atoms. The van der Waals surface area contributed by atoms with Gasteiger partial charge in [0.1, 0.15) is 0 Å². The smallest absolute Gasteiger partial charge is 0.0758 e. The van der Waals surface area contributed by atoms with E-state index in [0.717, 1.165) is 25.9 Å². The van der Waals surface area contributed by atoms with Gasteiger partial charge in [0.05, 0.1) is 11.6 Å². The zero-order chi connectivity index (χ0) is 13.3. The molecule has 0 aromatic carbocycles. The van der Waals surface area contributed by atoms with Crippen molar-refractivity contribution in [2.45, 2.75) is 51.3 Å². The molecule has 1 aromatic rings. The molecule has 3 atom stereocenters. The summed E-state index contributed by atoms with van der Waals surface area (Å²) in [5, 5.41) is 10.1. The lowest BCUT2D eigenvalue weighted by Gasteiger charge is -2.32. The maximum absolute atomic E-state index is 10.1. The van der Waals surface area contributed by atoms with Crippen molar-refractivity contribution in [3.05, 3.63) is 21.9 Å². The molecule has 0 amide bonds. The molecular formula is C14H24N2OS. The fourth-order valence-electron chi connectivity index (χ4n) is 2.71. The molecule has 2 heterocycles. The summed E-state index contributed by atoms with van der Waals surface area (Å²) >= 11 is 1.82. The minimum Gasteiger partial charge on any atom is -0.389 e. The second-order valence-electron chi connectivity index (χ2n) is 5.68. The Hall–Kier alpha value is -0.420. The summed E-state index contributed by atoms with van der Waals surface area (Å²) in [7, 11) is 0. The quantitative estimate of drug-likeness (QED) is 0.881. The summed E-state index contributed by atoms with van der Waals surface area (Å²) in [4.78, 5) is 5.00. The Morgan fingerprint density at radius 2 is 2.28 bits per heavy atom. The Kier molecular flexibility index (Phi) is 4.11. The SMILES string of the molecule is CCC(N)C(c1ccc(C)s1)N1CCC(C)(O)C1. The van der Waals surface area contributed by atoms with Gasteiger partial charge >= 0.3 is 0 Å². The molecule has 3 N–H and O–H groups in total. The van der Waals surface area contributed by atoms with Crippen LogP contribution in [0.15, 0.2) is 12.1 Å². The molecule has 3 unspecified atom stereocenters. The van der Waals surface area contributed by atoms with E-state index in [9.17, 15) is 5.11 Å². The number of hydrogen-bond acceptors (Lipinski definition) is 4. The summed E-state index contributed by atoms with van der Waals surface area (Å²) < 4.78 is 0. The van der Waals surface area contributed by atoms with Crippen LogP contribution < -0.4 is 5.73 Å². The van der Waals surface area contributed by atoms with Crippen molar-refractivity contribution in [1.82, 2.24) is 4.90 Å². The van der Waals surface area contributed by atoms with Gasteiger partial charge in [-0.1, -0.05) is 6.92 Å². The monoisotopic (exact) mass is 268 g/mol. The van der Waals surface area contributed by atoms with Gasteiger partial charge in [-0.15, -0.1) is 11.3 Å². The fourth-order valence-corrected chi connectivity index (χ4v) is 3.80. The zero-order valence-electron chi connectivity index (χ0n) is 11.5. The van der Waals surface area contributed by atoms with Crippen LogP contribution in [-0.4, -0.2) is 34.7 Å². The van der Waals surface area contributed by atoms with E-state index in [0.29, 0.717) is 0 Å². The first-order chi connectivity index (χ1) is 8.43. The first kappa shape index (κ1) is 14.0. The van der Waals surface area contributed by atoms with E-state index in [1.807, 2.05) is 18.3 Å². The molecule has 102 valence electrons. The third-order valence-electron chi connectivity index (χ3n) is 3.80. The molecule has 0 bridgehead atoms. The van der Waals surface area contributed by atoms with Gasteiger partial charge in [0, 0.05) is 28.9 Å². The highest BCUT2D eigenvalue weighted by molar-refractivity contribution is 7.12. The molecule has 4 heteroatoms. The molecule has 0 saturated carbocycles. The summed E-state index contributed by atoms with van der Waals surface area (Å²) in [5.41, 5.74) is 5.75. The maximum Gasteiger partial charge on any atom is 0.0758 e. The van der Waals surface area contributed by atoms with Gasteiger partial charge in [-0.3, -0.25) is 4.90 Å². The van der Waals surface area contributed by atoms with Crippen molar-refractivity contribution in [1.29, 1.82) is 0 Å². The van der Waals surface area contributed by atoms with Crippen LogP contribution in [0.5, 0.6) is 0 Å². The van der Waals surface area contributed by atoms with Crippen molar-refractivity contribution in [3.63, 3.8) is 0 Å². The lowest BCUT2D eigenvalue weighted by atomic mass is 10.0. The molecule has 1 aliphatic rings. The Morgan fingerprint density at radius 1 is 1.56 bits per heavy atom. The third kappa shape index (κ3) is 2.94. The number of β-amino-alcohol motifs (C(OH)–C–C–N with tert-alkyl or cyclic N) is 1. The lowest BCUT2D eigenvalue weighted by molar-refractivity contribution is 0.0597. The Morgan fingerprint density at radius 3 is 2.72 bits per heavy atom. The van der Waals surface area contributed by atoms with Crippen molar-refractivity contribution >= 4 is 11.3 Å². The molecule has 1 saturated heterocycles. The van der Waals surface area contributed by atoms with E-state index < -0.39 is 5.60 Å². The van der Waals surface area contributed by atoms with Crippen LogP contribution in [-0.2, 0) is 0 Å². The zero-order valence-corrected chi connectivity index (χ0v) is 12.3. The highest BCUT2D eigenvalue weighted by Gasteiger charge is 2.37. The number of thiophene rings is 1. The first-order valence-electron chi connectivity index (χ1n) is 6.71. The van der Waals surface area contributed by atoms with E-state index >= 15 is 0 Å². The second-order valence-corrected chi connectivity index (χ2v) is 7.00. The topological polar surface area (TPSA) is 49.5 Å². The molecule has 1 fully saturated rings. The maximum atomic E-state index is 10.1. The largest absolute Gasteiger partial charge is 0.389 e. The molecule has 2 rings (SSSR count). The van der Waals surface area contributed by atoms with Crippen LogP contribution in [0.4, 0.5) is 0 Å². The molecule has 18 heavy (non-hydrogen) atoms. The van der Waals surface area contributed by atoms with Gasteiger partial charge in [-0.05, 0) is 38.8 Å². The average molecular weight is 268 g/mol. The van der Waals surface area contributed by atoms with Gasteiger partial charge in [0.2, 0.25) is 0 Å². The number of likely N-dealkylation sites (tertiary alicyclic amines) is 1. The molecule has 0 aliphatic carbocycles. The van der Waals surface area contributed by atoms with Crippen molar-refractivity contribution in [2.75, 3.05) is 13.1 Å². The second kappa shape index (κ2) is 5.29. The average Bonchev–Trinajstić information content (AvgIpc) is 2.86. The standard InChI is InChI=1S/C14H24N2OS/c1-4-11(15)13(12-6-5-10(2)18-12)16-8-7-14(3,17)9-16/h5-6,11,13,17H,4,7-9,15H2,1-3H3. The Labute approximate surface area is 114 Å². The first-order valence-corrected chi connectivity index (χ1v) is 7.53. The third-order valence-corrected chi connectivity index (χ3v) is 4.88. The van der Waals surface area contributed by atoms with Gasteiger partial charge in [-0.25, -0.2) is 0 Å². The Balaban J connectivity index is 2.21. The molecule has 1 aliphatic heterocycles. The molecule has 1 aromatic heterocycles. The number of nitrogens with two attached hydrogens (primary N) is 1. The molecular weight excluding hydrogens is 244 g/mol. The van der Waals surface area contributed by atoms with Crippen LogP contribution in [0.1, 0.15) is 42.5 Å². The Bertz CT molecular complexity index is 402. The van der Waals surface area contributed by atoms with Gasteiger partial charge < -0.3 is 10.8 Å². The summed E-state index contributed by atoms with van der Waals surface area (Å²) in [5.74, 6) is 0. The van der Waals surface area contributed by atoms with Crippen molar-refractivity contribution in [2.24, 2.45) is 5.73 Å². The summed E-state index contributed by atoms with van der Waals surface area (Å²) in [6.45, 7) is 7.83. The van der Waals surface area contributed by atoms with Crippen LogP contribution in [0.2, 0.25) is 0 Å². The highest BCUT2D eigenvalue weighted by Crippen LogP contribution is 2.35. The normalized spacial score (nSPS) is 28.5. The predicted octanol–water partition coefficient (Wildman–Crippen LogP) is 2.29. The van der Waals surface area contributed by atoms with Crippen LogP contribution in [0, 0.1) is 6.92 Å². The predicted molar refractivity (Wildman–Crippen MR) is 76.9 cm³/mol. The number of aryl methyl sites for hydroxylation is 1. The van der Waals surface area contributed by atoms with Crippen molar-refractivity contribution < 1.29 is 5.11 Å². The summed E-state index contributed by atoms with van der Waals surface area (Å²) in [6.07, 6.45) is 1.80. The van der Waals surface area contributed by atoms with Crippen molar-refractivity contribution in [3.8, 4) is 0 Å². The number of aliphatic hydroxyl groups is 1. The number of hydrogen-bond donors (Lipinski definition) is 2. The van der Waals surface area contributed by atoms with E-state index in [2.05, 4.69) is 30.9 Å². The highest BCUT2D eigenvalue weighted by atomic mass is 32.1. The van der Waals surface area contributed by atoms with E-state index in [-0.39, 0.29) is 12.1 Å². The minimum absolute atomic E-state index is 0.136. The molecule has 3 nitrogen and oxygen atoms in total. The van der Waals surface area contributed by atoms with Crippen LogP contribution in [0.3, 0.4) is 0 Å². The van der Waals surface area contributed by atoms with E-state index in [4.69, 9.17) is 5.73 Å². The van der Waals surface area contributed by atoms with Gasteiger partial charge in [0.25, 0.3) is 0 Å². The summed E-state index contributed by atoms with van der Waals surface area (Å²) in [6, 6.07) is 4.73. The molecule has 0 radical (unpaired) electrons. The fraction of sp³-hybridized carbons (Fsp3) is 0.714. The van der Waals surface area contributed by atoms with Crippen LogP contribution in [0.25, 0.3) is 0 Å². The minimum atomic E-state index is -0.558. The lowest BCUT2D eigenvalue weighted by Crippen LogP contribution is -2.41. The number of rotatable bonds is 4. The van der Waals surface area contributed by atoms with E-state index in [1.165, 1.54) is 9.75 Å². The van der Waals surface area contributed by atoms with E-state index in [1.54, 1.807) is 0 Å².